The fraction of sp³-hybridized carbons (Fsp3) is 0.333. The largest absolute Gasteiger partial charge is 0.456 e. The zero-order valence-corrected chi connectivity index (χ0v) is 17.3. The number of fused-ring (bicyclic) bond motifs is 1. The molecule has 2 aromatic rings. The van der Waals surface area contributed by atoms with Gasteiger partial charge in [0, 0.05) is 25.9 Å². The molecule has 2 aliphatic rings. The quantitative estimate of drug-likeness (QED) is 0.674. The van der Waals surface area contributed by atoms with E-state index in [0.717, 1.165) is 23.3 Å². The molecule has 0 unspecified atom stereocenters. The van der Waals surface area contributed by atoms with Crippen molar-refractivity contribution >= 4 is 23.5 Å². The van der Waals surface area contributed by atoms with Crippen molar-refractivity contribution in [1.82, 2.24) is 9.91 Å². The van der Waals surface area contributed by atoms with Crippen LogP contribution in [0.2, 0.25) is 0 Å². The van der Waals surface area contributed by atoms with Gasteiger partial charge in [-0.05, 0) is 23.1 Å². The van der Waals surface area contributed by atoms with Crippen molar-refractivity contribution in [3.8, 4) is 0 Å². The molecule has 0 aliphatic carbocycles. The normalized spacial score (nSPS) is 15.3. The van der Waals surface area contributed by atoms with E-state index in [2.05, 4.69) is 11.2 Å². The number of carbonyl (C=O) groups is 3. The van der Waals surface area contributed by atoms with Crippen LogP contribution in [0.25, 0.3) is 0 Å². The Morgan fingerprint density at radius 2 is 1.58 bits per heavy atom. The average Bonchev–Trinajstić information content (AvgIpc) is 3.32. The minimum Gasteiger partial charge on any atom is -0.456 e. The van der Waals surface area contributed by atoms with Crippen LogP contribution in [-0.2, 0) is 32.1 Å². The SMILES string of the molecule is O=C(CCC(=O)N1CCC(c2ccccc2)=N1)OCC(=O)N1CCc2ccccc2C1. The van der Waals surface area contributed by atoms with E-state index < -0.39 is 5.97 Å². The lowest BCUT2D eigenvalue weighted by atomic mass is 10.00. The molecule has 0 saturated carbocycles. The highest BCUT2D eigenvalue weighted by Gasteiger charge is 2.24. The third-order valence-corrected chi connectivity index (χ3v) is 5.58. The van der Waals surface area contributed by atoms with E-state index in [1.165, 1.54) is 10.6 Å². The van der Waals surface area contributed by atoms with Gasteiger partial charge in [0.2, 0.25) is 5.91 Å². The summed E-state index contributed by atoms with van der Waals surface area (Å²) in [7, 11) is 0. The fourth-order valence-electron chi connectivity index (χ4n) is 3.82. The van der Waals surface area contributed by atoms with E-state index in [1.54, 1.807) is 4.90 Å². The topological polar surface area (TPSA) is 79.3 Å². The van der Waals surface area contributed by atoms with Gasteiger partial charge in [0.25, 0.3) is 5.91 Å². The number of hydrogen-bond acceptors (Lipinski definition) is 5. The molecule has 2 heterocycles. The van der Waals surface area contributed by atoms with Crippen molar-refractivity contribution in [3.63, 3.8) is 0 Å². The van der Waals surface area contributed by atoms with Crippen LogP contribution in [0.5, 0.6) is 0 Å². The van der Waals surface area contributed by atoms with Crippen LogP contribution < -0.4 is 0 Å². The zero-order valence-electron chi connectivity index (χ0n) is 17.3. The molecule has 0 aromatic heterocycles. The standard InChI is InChI=1S/C24H25N3O4/c28-22(27-15-13-21(25-27)19-7-2-1-3-8-19)10-11-24(30)31-17-23(29)26-14-12-18-6-4-5-9-20(18)16-26/h1-9H,10-17H2. The summed E-state index contributed by atoms with van der Waals surface area (Å²) in [5.41, 5.74) is 4.24. The first kappa shape index (κ1) is 20.8. The number of amides is 2. The van der Waals surface area contributed by atoms with Crippen LogP contribution in [0.4, 0.5) is 0 Å². The molecule has 0 saturated heterocycles. The van der Waals surface area contributed by atoms with Crippen LogP contribution in [0.3, 0.4) is 0 Å². The summed E-state index contributed by atoms with van der Waals surface area (Å²) in [4.78, 5) is 38.5. The van der Waals surface area contributed by atoms with Gasteiger partial charge in [-0.3, -0.25) is 14.4 Å². The first-order valence-corrected chi connectivity index (χ1v) is 10.5. The second kappa shape index (κ2) is 9.55. The molecule has 2 aromatic carbocycles. The van der Waals surface area contributed by atoms with Crippen molar-refractivity contribution in [3.05, 3.63) is 71.3 Å². The second-order valence-corrected chi connectivity index (χ2v) is 7.67. The monoisotopic (exact) mass is 419 g/mol. The van der Waals surface area contributed by atoms with Crippen molar-refractivity contribution in [2.24, 2.45) is 5.10 Å². The molecule has 0 radical (unpaired) electrons. The van der Waals surface area contributed by atoms with Crippen LogP contribution in [-0.4, -0.2) is 53.1 Å². The predicted molar refractivity (Wildman–Crippen MR) is 115 cm³/mol. The molecule has 0 bridgehead atoms. The smallest absolute Gasteiger partial charge is 0.306 e. The summed E-state index contributed by atoms with van der Waals surface area (Å²) in [6, 6.07) is 17.8. The highest BCUT2D eigenvalue weighted by atomic mass is 16.5. The van der Waals surface area contributed by atoms with Gasteiger partial charge >= 0.3 is 5.97 Å². The third kappa shape index (κ3) is 5.17. The summed E-state index contributed by atoms with van der Waals surface area (Å²) in [6.45, 7) is 1.35. The van der Waals surface area contributed by atoms with E-state index in [0.29, 0.717) is 26.1 Å². The van der Waals surface area contributed by atoms with Crippen LogP contribution in [0, 0.1) is 0 Å². The average molecular weight is 419 g/mol. The molecule has 7 heteroatoms. The van der Waals surface area contributed by atoms with Crippen LogP contribution in [0.15, 0.2) is 59.7 Å². The first-order chi connectivity index (χ1) is 15.1. The Kier molecular flexibility index (Phi) is 6.40. The molecule has 160 valence electrons. The van der Waals surface area contributed by atoms with E-state index in [9.17, 15) is 14.4 Å². The predicted octanol–water partition coefficient (Wildman–Crippen LogP) is 2.53. The number of rotatable bonds is 6. The zero-order chi connectivity index (χ0) is 21.6. The summed E-state index contributed by atoms with van der Waals surface area (Å²) < 4.78 is 5.11. The van der Waals surface area contributed by atoms with Gasteiger partial charge in [0.05, 0.1) is 18.7 Å². The molecule has 2 amide bonds. The minimum absolute atomic E-state index is 0.00961. The number of esters is 1. The Labute approximate surface area is 181 Å². The highest BCUT2D eigenvalue weighted by Crippen LogP contribution is 2.19. The molecule has 0 N–H and O–H groups in total. The van der Waals surface area contributed by atoms with Crippen LogP contribution >= 0.6 is 0 Å². The van der Waals surface area contributed by atoms with E-state index >= 15 is 0 Å². The van der Waals surface area contributed by atoms with E-state index in [4.69, 9.17) is 4.74 Å². The number of ether oxygens (including phenoxy) is 1. The van der Waals surface area contributed by atoms with E-state index in [-0.39, 0.29) is 31.3 Å². The van der Waals surface area contributed by atoms with Crippen molar-refractivity contribution in [1.29, 1.82) is 0 Å². The fourth-order valence-corrected chi connectivity index (χ4v) is 3.82. The molecular formula is C24H25N3O4. The first-order valence-electron chi connectivity index (χ1n) is 10.5. The Morgan fingerprint density at radius 1 is 0.839 bits per heavy atom. The molecule has 0 fully saturated rings. The molecule has 7 nitrogen and oxygen atoms in total. The Balaban J connectivity index is 1.20. The maximum absolute atomic E-state index is 12.4. The number of benzene rings is 2. The molecule has 4 rings (SSSR count). The van der Waals surface area contributed by atoms with E-state index in [1.807, 2.05) is 48.5 Å². The Morgan fingerprint density at radius 3 is 2.39 bits per heavy atom. The lowest BCUT2D eigenvalue weighted by Gasteiger charge is -2.28. The summed E-state index contributed by atoms with van der Waals surface area (Å²) in [6.07, 6.45) is 1.43. The number of hydrazone groups is 1. The minimum atomic E-state index is -0.550. The third-order valence-electron chi connectivity index (χ3n) is 5.58. The molecule has 0 atom stereocenters. The highest BCUT2D eigenvalue weighted by molar-refractivity contribution is 6.02. The molecule has 31 heavy (non-hydrogen) atoms. The van der Waals surface area contributed by atoms with Gasteiger partial charge in [-0.2, -0.15) is 5.10 Å². The number of hydrogen-bond donors (Lipinski definition) is 0. The molecule has 2 aliphatic heterocycles. The lowest BCUT2D eigenvalue weighted by Crippen LogP contribution is -2.38. The van der Waals surface area contributed by atoms with Gasteiger partial charge in [0.1, 0.15) is 0 Å². The van der Waals surface area contributed by atoms with Gasteiger partial charge in [0.15, 0.2) is 6.61 Å². The van der Waals surface area contributed by atoms with Crippen molar-refractivity contribution < 1.29 is 19.1 Å². The summed E-state index contributed by atoms with van der Waals surface area (Å²) in [5.74, 6) is -0.988. The second-order valence-electron chi connectivity index (χ2n) is 7.67. The summed E-state index contributed by atoms with van der Waals surface area (Å²) >= 11 is 0. The Bertz CT molecular complexity index is 1000. The number of carbonyl (C=O) groups excluding carboxylic acids is 3. The van der Waals surface area contributed by atoms with Crippen molar-refractivity contribution in [2.75, 3.05) is 19.7 Å². The number of nitrogens with zero attached hydrogens (tertiary/aromatic N) is 3. The summed E-state index contributed by atoms with van der Waals surface area (Å²) in [5, 5.41) is 5.79. The van der Waals surface area contributed by atoms with Crippen molar-refractivity contribution in [2.45, 2.75) is 32.2 Å². The lowest BCUT2D eigenvalue weighted by molar-refractivity contribution is -0.153. The van der Waals surface area contributed by atoms with Crippen LogP contribution in [0.1, 0.15) is 36.0 Å². The van der Waals surface area contributed by atoms with Gasteiger partial charge in [-0.25, -0.2) is 5.01 Å². The molecule has 0 spiro atoms. The maximum Gasteiger partial charge on any atom is 0.306 e. The molecular weight excluding hydrogens is 394 g/mol. The van der Waals surface area contributed by atoms with Gasteiger partial charge in [-0.15, -0.1) is 0 Å². The van der Waals surface area contributed by atoms with Gasteiger partial charge < -0.3 is 9.64 Å². The Hall–Kier alpha value is -3.48. The maximum atomic E-state index is 12.4. The van der Waals surface area contributed by atoms with Gasteiger partial charge in [-0.1, -0.05) is 54.6 Å².